The van der Waals surface area contributed by atoms with Crippen LogP contribution < -0.4 is 16.0 Å². The minimum Gasteiger partial charge on any atom is -0.382 e. The fraction of sp³-hybridized carbons (Fsp3) is 0.438. The summed E-state index contributed by atoms with van der Waals surface area (Å²) in [5, 5.41) is 11.8. The van der Waals surface area contributed by atoms with Crippen LogP contribution in [0.25, 0.3) is 32.9 Å². The standard InChI is InChI=1S/C32H39ClFN9O/c1-5-24(44)42-16-20(4)43(17-19(42)3)31-21-15-22(33)26(25-18(2)9-10-23-27(25)30(35)40-39-23)28(34)29(21)37-32(38-31)36-11-14-41-12-7-6-8-13-41/h5,9-10,15,19-20H,1,6-8,11-14,16-17H2,2-4H3,(H3,35,39,40)(H,36,37,38)/t19-,20+/m1/s1. The Morgan fingerprint density at radius 2 is 1.95 bits per heavy atom. The van der Waals surface area contributed by atoms with Gasteiger partial charge in [0.1, 0.15) is 11.3 Å². The lowest BCUT2D eigenvalue weighted by atomic mass is 9.94. The van der Waals surface area contributed by atoms with Gasteiger partial charge in [-0.1, -0.05) is 30.7 Å². The quantitative estimate of drug-likeness (QED) is 0.236. The van der Waals surface area contributed by atoms with E-state index in [0.717, 1.165) is 25.2 Å². The maximum absolute atomic E-state index is 16.9. The first kappa shape index (κ1) is 30.1. The second-order valence-electron chi connectivity index (χ2n) is 12.0. The lowest BCUT2D eigenvalue weighted by Crippen LogP contribution is -2.58. The molecule has 2 fully saturated rings. The van der Waals surface area contributed by atoms with Crippen LogP contribution >= 0.6 is 11.6 Å². The van der Waals surface area contributed by atoms with E-state index in [1.807, 2.05) is 32.9 Å². The second kappa shape index (κ2) is 12.2. The molecule has 6 rings (SSSR count). The Morgan fingerprint density at radius 1 is 1.18 bits per heavy atom. The number of halogens is 2. The van der Waals surface area contributed by atoms with Crippen LogP contribution in [-0.2, 0) is 4.79 Å². The summed E-state index contributed by atoms with van der Waals surface area (Å²) in [6, 6.07) is 5.30. The van der Waals surface area contributed by atoms with Crippen molar-refractivity contribution in [1.29, 1.82) is 0 Å². The molecule has 2 aromatic carbocycles. The van der Waals surface area contributed by atoms with Gasteiger partial charge in [0.15, 0.2) is 11.6 Å². The van der Waals surface area contributed by atoms with E-state index in [0.29, 0.717) is 53.3 Å². The lowest BCUT2D eigenvalue weighted by molar-refractivity contribution is -0.128. The molecular weight excluding hydrogens is 581 g/mol. The van der Waals surface area contributed by atoms with Gasteiger partial charge < -0.3 is 25.8 Å². The average molecular weight is 620 g/mol. The molecule has 0 bridgehead atoms. The van der Waals surface area contributed by atoms with E-state index < -0.39 is 5.82 Å². The molecule has 12 heteroatoms. The van der Waals surface area contributed by atoms with E-state index in [-0.39, 0.29) is 39.9 Å². The van der Waals surface area contributed by atoms with Crippen molar-refractivity contribution in [2.24, 2.45) is 0 Å². The summed E-state index contributed by atoms with van der Waals surface area (Å²) in [4.78, 5) is 28.6. The number of carbonyl (C=O) groups excluding carboxylic acids is 1. The molecule has 4 heterocycles. The highest BCUT2D eigenvalue weighted by Crippen LogP contribution is 2.43. The molecule has 0 saturated carbocycles. The van der Waals surface area contributed by atoms with Crippen molar-refractivity contribution in [2.45, 2.75) is 52.1 Å². The molecule has 1 amide bonds. The van der Waals surface area contributed by atoms with E-state index in [1.54, 1.807) is 11.0 Å². The number of amides is 1. The number of fused-ring (bicyclic) bond motifs is 2. The SMILES string of the molecule is C=CC(=O)N1C[C@H](C)N(c2nc(NCCN3CCCCC3)nc3c(F)c(-c4c(C)ccc5[nH]nc(N)c45)c(Cl)cc23)C[C@H]1C. The summed E-state index contributed by atoms with van der Waals surface area (Å²) >= 11 is 6.93. The normalized spacial score (nSPS) is 19.6. The number of benzene rings is 2. The molecule has 0 spiro atoms. The van der Waals surface area contributed by atoms with Gasteiger partial charge >= 0.3 is 0 Å². The molecule has 2 atom stereocenters. The third kappa shape index (κ3) is 5.43. The van der Waals surface area contributed by atoms with Gasteiger partial charge in [-0.05, 0) is 70.5 Å². The third-order valence-corrected chi connectivity index (χ3v) is 9.25. The number of carbonyl (C=O) groups is 1. The first-order valence-corrected chi connectivity index (χ1v) is 15.6. The first-order valence-electron chi connectivity index (χ1n) is 15.3. The lowest BCUT2D eigenvalue weighted by Gasteiger charge is -2.44. The van der Waals surface area contributed by atoms with Gasteiger partial charge in [0, 0.05) is 54.8 Å². The van der Waals surface area contributed by atoms with Crippen molar-refractivity contribution < 1.29 is 9.18 Å². The summed E-state index contributed by atoms with van der Waals surface area (Å²) in [5.41, 5.74) is 8.71. The molecule has 4 aromatic rings. The van der Waals surface area contributed by atoms with Crippen LogP contribution in [-0.4, -0.2) is 87.2 Å². The molecule has 44 heavy (non-hydrogen) atoms. The Kier molecular flexibility index (Phi) is 8.34. The average Bonchev–Trinajstić information content (AvgIpc) is 3.39. The van der Waals surface area contributed by atoms with Crippen LogP contribution in [0.1, 0.15) is 38.7 Å². The van der Waals surface area contributed by atoms with E-state index in [2.05, 4.69) is 31.9 Å². The molecule has 0 radical (unpaired) electrons. The van der Waals surface area contributed by atoms with Gasteiger partial charge in [0.2, 0.25) is 11.9 Å². The number of nitrogens with two attached hydrogens (primary N) is 1. The van der Waals surface area contributed by atoms with Crippen LogP contribution in [0.2, 0.25) is 5.02 Å². The van der Waals surface area contributed by atoms with Gasteiger partial charge in [-0.3, -0.25) is 9.89 Å². The zero-order valence-corrected chi connectivity index (χ0v) is 26.2. The minimum atomic E-state index is -0.549. The molecule has 2 aliphatic rings. The number of aromatic nitrogens is 4. The van der Waals surface area contributed by atoms with Crippen molar-refractivity contribution in [2.75, 3.05) is 55.2 Å². The number of aromatic amines is 1. The largest absolute Gasteiger partial charge is 0.382 e. The number of rotatable bonds is 7. The summed E-state index contributed by atoms with van der Waals surface area (Å²) in [5.74, 6) is 0.531. The van der Waals surface area contributed by atoms with Gasteiger partial charge in [0.25, 0.3) is 0 Å². The second-order valence-corrected chi connectivity index (χ2v) is 12.4. The molecule has 4 N–H and O–H groups in total. The van der Waals surface area contributed by atoms with E-state index in [9.17, 15) is 4.79 Å². The van der Waals surface area contributed by atoms with Crippen molar-refractivity contribution >= 4 is 56.9 Å². The zero-order chi connectivity index (χ0) is 31.1. The topological polar surface area (TPSA) is 119 Å². The molecule has 2 aliphatic heterocycles. The highest BCUT2D eigenvalue weighted by Gasteiger charge is 2.34. The number of anilines is 3. The van der Waals surface area contributed by atoms with Gasteiger partial charge in [0.05, 0.1) is 15.9 Å². The number of likely N-dealkylation sites (tertiary alicyclic amines) is 1. The van der Waals surface area contributed by atoms with Crippen LogP contribution in [0.4, 0.5) is 22.0 Å². The van der Waals surface area contributed by atoms with Crippen molar-refractivity contribution in [3.8, 4) is 11.1 Å². The molecule has 232 valence electrons. The number of nitrogen functional groups attached to an aromatic ring is 1. The first-order chi connectivity index (χ1) is 21.2. The molecule has 2 aromatic heterocycles. The molecular formula is C32H39ClFN9O. The van der Waals surface area contributed by atoms with Crippen molar-refractivity contribution in [3.63, 3.8) is 0 Å². The highest BCUT2D eigenvalue weighted by molar-refractivity contribution is 6.35. The Morgan fingerprint density at radius 3 is 2.70 bits per heavy atom. The summed E-state index contributed by atoms with van der Waals surface area (Å²) in [6.45, 7) is 14.2. The molecule has 10 nitrogen and oxygen atoms in total. The predicted molar refractivity (Wildman–Crippen MR) is 176 cm³/mol. The zero-order valence-electron chi connectivity index (χ0n) is 25.5. The Hall–Kier alpha value is -3.96. The monoisotopic (exact) mass is 619 g/mol. The predicted octanol–water partition coefficient (Wildman–Crippen LogP) is 5.37. The maximum atomic E-state index is 16.9. The smallest absolute Gasteiger partial charge is 0.246 e. The fourth-order valence-electron chi connectivity index (χ4n) is 6.63. The third-order valence-electron chi connectivity index (χ3n) is 8.95. The van der Waals surface area contributed by atoms with Crippen LogP contribution in [0.3, 0.4) is 0 Å². The van der Waals surface area contributed by atoms with Crippen LogP contribution in [0, 0.1) is 12.7 Å². The van der Waals surface area contributed by atoms with E-state index in [1.165, 1.54) is 25.3 Å². The van der Waals surface area contributed by atoms with Gasteiger partial charge in [-0.25, -0.2) is 9.37 Å². The summed E-state index contributed by atoms with van der Waals surface area (Å²) in [7, 11) is 0. The number of hydrogen-bond acceptors (Lipinski definition) is 8. The minimum absolute atomic E-state index is 0.0994. The van der Waals surface area contributed by atoms with Gasteiger partial charge in [-0.15, -0.1) is 0 Å². The number of piperazine rings is 1. The number of H-pyrrole nitrogens is 1. The number of aryl methyl sites for hydroxylation is 1. The summed E-state index contributed by atoms with van der Waals surface area (Å²) < 4.78 is 16.9. The highest BCUT2D eigenvalue weighted by atomic mass is 35.5. The number of nitrogens with zero attached hydrogens (tertiary/aromatic N) is 6. The summed E-state index contributed by atoms with van der Waals surface area (Å²) in [6.07, 6.45) is 5.02. The molecule has 0 unspecified atom stereocenters. The van der Waals surface area contributed by atoms with Crippen molar-refractivity contribution in [1.82, 2.24) is 30.0 Å². The van der Waals surface area contributed by atoms with Crippen molar-refractivity contribution in [3.05, 3.63) is 47.3 Å². The maximum Gasteiger partial charge on any atom is 0.246 e. The van der Waals surface area contributed by atoms with Crippen LogP contribution in [0.5, 0.6) is 0 Å². The van der Waals surface area contributed by atoms with E-state index >= 15 is 4.39 Å². The fourth-order valence-corrected chi connectivity index (χ4v) is 6.91. The Balaban J connectivity index is 1.47. The molecule has 0 aliphatic carbocycles. The van der Waals surface area contributed by atoms with E-state index in [4.69, 9.17) is 27.3 Å². The molecule has 2 saturated heterocycles. The number of hydrogen-bond donors (Lipinski definition) is 3. The Labute approximate surface area is 261 Å². The number of piperidine rings is 1. The van der Waals surface area contributed by atoms with Crippen LogP contribution in [0.15, 0.2) is 30.9 Å². The number of nitrogens with one attached hydrogen (secondary N) is 2. The Bertz CT molecular complexity index is 1730. The van der Waals surface area contributed by atoms with Gasteiger partial charge in [-0.2, -0.15) is 10.1 Å².